The normalized spacial score (nSPS) is 13.7. The fourth-order valence-electron chi connectivity index (χ4n) is 3.73. The molecular formula is C23H15ClF2N4O4S. The van der Waals surface area contributed by atoms with Crippen LogP contribution in [0.25, 0.3) is 16.8 Å². The maximum Gasteiger partial charge on any atom is 0.238 e. The average molecular weight is 517 g/mol. The number of ether oxygens (including phenoxy) is 1. The molecule has 0 fully saturated rings. The van der Waals surface area contributed by atoms with E-state index in [1.165, 1.54) is 59.9 Å². The number of nitrogens with two attached hydrogens (primary N) is 1. The van der Waals surface area contributed by atoms with Crippen LogP contribution in [-0.4, -0.2) is 30.9 Å². The van der Waals surface area contributed by atoms with E-state index < -0.39 is 33.0 Å². The monoisotopic (exact) mass is 516 g/mol. The van der Waals surface area contributed by atoms with Crippen LogP contribution in [0.4, 0.5) is 14.5 Å². The van der Waals surface area contributed by atoms with Crippen LogP contribution in [0.3, 0.4) is 0 Å². The highest BCUT2D eigenvalue weighted by atomic mass is 35.5. The second kappa shape index (κ2) is 8.45. The number of aromatic nitrogens is 2. The minimum absolute atomic E-state index is 0.0220. The van der Waals surface area contributed by atoms with Crippen LogP contribution in [0, 0.1) is 11.6 Å². The summed E-state index contributed by atoms with van der Waals surface area (Å²) in [6, 6.07) is 9.28. The topological polar surface area (TPSA) is 118 Å². The molecule has 0 unspecified atom stereocenters. The predicted molar refractivity (Wildman–Crippen MR) is 125 cm³/mol. The van der Waals surface area contributed by atoms with Gasteiger partial charge in [-0.05, 0) is 42.5 Å². The SMILES string of the molecule is NS(=O)(=O)c1ccc(C2=CN(c3ccc(F)c(C(=O)c4c[nH]c5ncc(Cl)cc45)c3F)CO2)cc1. The number of nitrogens with zero attached hydrogens (tertiary/aromatic N) is 2. The molecule has 0 spiro atoms. The number of anilines is 1. The molecule has 2 aromatic carbocycles. The van der Waals surface area contributed by atoms with Crippen LogP contribution in [0.2, 0.25) is 5.02 Å². The zero-order valence-corrected chi connectivity index (χ0v) is 19.2. The second-order valence-corrected chi connectivity index (χ2v) is 9.64. The Labute approximate surface area is 202 Å². The molecule has 12 heteroatoms. The molecule has 3 N–H and O–H groups in total. The summed E-state index contributed by atoms with van der Waals surface area (Å²) in [6.07, 6.45) is 4.17. The number of aromatic amines is 1. The maximum atomic E-state index is 15.5. The highest BCUT2D eigenvalue weighted by Crippen LogP contribution is 2.33. The molecule has 178 valence electrons. The summed E-state index contributed by atoms with van der Waals surface area (Å²) in [5, 5.41) is 5.71. The predicted octanol–water partition coefficient (Wildman–Crippen LogP) is 4.17. The van der Waals surface area contributed by atoms with Gasteiger partial charge in [0.05, 0.1) is 27.4 Å². The molecule has 35 heavy (non-hydrogen) atoms. The molecule has 5 rings (SSSR count). The first-order chi connectivity index (χ1) is 16.6. The molecule has 0 amide bonds. The van der Waals surface area contributed by atoms with Gasteiger partial charge >= 0.3 is 0 Å². The van der Waals surface area contributed by atoms with E-state index in [4.69, 9.17) is 21.5 Å². The van der Waals surface area contributed by atoms with Crippen LogP contribution in [0.1, 0.15) is 21.5 Å². The maximum absolute atomic E-state index is 15.5. The lowest BCUT2D eigenvalue weighted by Gasteiger charge is -2.16. The summed E-state index contributed by atoms with van der Waals surface area (Å²) in [4.78, 5) is 21.3. The number of carbonyl (C=O) groups is 1. The van der Waals surface area contributed by atoms with Gasteiger partial charge in [0.2, 0.25) is 15.8 Å². The van der Waals surface area contributed by atoms with E-state index >= 15 is 4.39 Å². The first-order valence-electron chi connectivity index (χ1n) is 10.0. The number of fused-ring (bicyclic) bond motifs is 1. The summed E-state index contributed by atoms with van der Waals surface area (Å²) in [5.74, 6) is -2.64. The molecule has 1 aliphatic heterocycles. The molecule has 0 saturated heterocycles. The smallest absolute Gasteiger partial charge is 0.238 e. The van der Waals surface area contributed by atoms with Crippen molar-refractivity contribution in [2.75, 3.05) is 11.6 Å². The summed E-state index contributed by atoms with van der Waals surface area (Å²) in [6.45, 7) is -0.116. The van der Waals surface area contributed by atoms with E-state index in [0.29, 0.717) is 22.4 Å². The van der Waals surface area contributed by atoms with Gasteiger partial charge in [-0.15, -0.1) is 0 Å². The van der Waals surface area contributed by atoms with Gasteiger partial charge in [0.25, 0.3) is 0 Å². The van der Waals surface area contributed by atoms with Crippen molar-refractivity contribution in [2.45, 2.75) is 4.90 Å². The Morgan fingerprint density at radius 2 is 1.91 bits per heavy atom. The number of carbonyl (C=O) groups excluding carboxylic acids is 1. The lowest BCUT2D eigenvalue weighted by Crippen LogP contribution is -2.17. The quantitative estimate of drug-likeness (QED) is 0.384. The standard InChI is InChI=1S/C23H15ClF2N4O4S/c24-13-7-15-16(9-29-23(15)28-8-13)22(31)20-17(25)5-6-18(21(20)26)30-10-19(34-11-30)12-1-3-14(4-2-12)35(27,32)33/h1-10H,11H2,(H,28,29)(H2,27,32,33). The average Bonchev–Trinajstić information content (AvgIpc) is 3.46. The zero-order chi connectivity index (χ0) is 24.9. The number of pyridine rings is 1. The van der Waals surface area contributed by atoms with Crippen LogP contribution in [0.5, 0.6) is 0 Å². The molecule has 0 atom stereocenters. The number of nitrogens with one attached hydrogen (secondary N) is 1. The summed E-state index contributed by atoms with van der Waals surface area (Å²) in [5.41, 5.74) is 0.0732. The Morgan fingerprint density at radius 1 is 1.17 bits per heavy atom. The van der Waals surface area contributed by atoms with Crippen LogP contribution in [0.15, 0.2) is 66.0 Å². The molecule has 0 bridgehead atoms. The first kappa shape index (κ1) is 23.0. The van der Waals surface area contributed by atoms with E-state index in [2.05, 4.69) is 9.97 Å². The lowest BCUT2D eigenvalue weighted by atomic mass is 10.0. The van der Waals surface area contributed by atoms with E-state index in [-0.39, 0.29) is 27.9 Å². The Balaban J connectivity index is 1.50. The van der Waals surface area contributed by atoms with E-state index in [9.17, 15) is 17.6 Å². The van der Waals surface area contributed by atoms with Gasteiger partial charge in [0.1, 0.15) is 17.2 Å². The minimum atomic E-state index is -3.86. The molecule has 3 heterocycles. The van der Waals surface area contributed by atoms with Crippen LogP contribution in [-0.2, 0) is 14.8 Å². The highest BCUT2D eigenvalue weighted by Gasteiger charge is 2.28. The Morgan fingerprint density at radius 3 is 2.63 bits per heavy atom. The summed E-state index contributed by atoms with van der Waals surface area (Å²) < 4.78 is 58.7. The molecule has 2 aromatic heterocycles. The van der Waals surface area contributed by atoms with Gasteiger partial charge in [-0.2, -0.15) is 0 Å². The molecular weight excluding hydrogens is 502 g/mol. The van der Waals surface area contributed by atoms with Crippen molar-refractivity contribution >= 4 is 49.9 Å². The number of rotatable bonds is 5. The largest absolute Gasteiger partial charge is 0.471 e. The number of hydrogen-bond donors (Lipinski definition) is 2. The number of ketones is 1. The van der Waals surface area contributed by atoms with Gasteiger partial charge in [0.15, 0.2) is 12.5 Å². The third-order valence-electron chi connectivity index (χ3n) is 5.45. The van der Waals surface area contributed by atoms with Crippen LogP contribution < -0.4 is 10.0 Å². The molecule has 4 aromatic rings. The number of primary sulfonamides is 1. The zero-order valence-electron chi connectivity index (χ0n) is 17.6. The number of benzene rings is 2. The van der Waals surface area contributed by atoms with E-state index in [0.717, 1.165) is 6.07 Å². The Bertz CT molecular complexity index is 1640. The molecule has 0 aliphatic carbocycles. The highest BCUT2D eigenvalue weighted by molar-refractivity contribution is 7.89. The van der Waals surface area contributed by atoms with Gasteiger partial charge in [-0.25, -0.2) is 27.3 Å². The van der Waals surface area contributed by atoms with Crippen molar-refractivity contribution in [2.24, 2.45) is 5.14 Å². The Kier molecular flexibility index (Phi) is 5.55. The lowest BCUT2D eigenvalue weighted by molar-refractivity contribution is 0.103. The van der Waals surface area contributed by atoms with Crippen molar-refractivity contribution in [3.63, 3.8) is 0 Å². The van der Waals surface area contributed by atoms with Crippen molar-refractivity contribution in [1.29, 1.82) is 0 Å². The van der Waals surface area contributed by atoms with Crippen LogP contribution >= 0.6 is 11.6 Å². The van der Waals surface area contributed by atoms with E-state index in [1.807, 2.05) is 0 Å². The molecule has 8 nitrogen and oxygen atoms in total. The van der Waals surface area contributed by atoms with Gasteiger partial charge in [-0.1, -0.05) is 11.6 Å². The third kappa shape index (κ3) is 4.14. The number of H-pyrrole nitrogens is 1. The molecule has 0 radical (unpaired) electrons. The van der Waals surface area contributed by atoms with E-state index in [1.54, 1.807) is 0 Å². The summed E-state index contributed by atoms with van der Waals surface area (Å²) >= 11 is 5.97. The van der Waals surface area contributed by atoms with Gasteiger partial charge in [0, 0.05) is 28.9 Å². The molecule has 0 saturated carbocycles. The van der Waals surface area contributed by atoms with Crippen molar-refractivity contribution in [3.05, 3.63) is 94.4 Å². The number of hydrogen-bond acceptors (Lipinski definition) is 6. The number of sulfonamides is 1. The van der Waals surface area contributed by atoms with Gasteiger partial charge < -0.3 is 14.6 Å². The Hall–Kier alpha value is -3.80. The van der Waals surface area contributed by atoms with Crippen molar-refractivity contribution in [1.82, 2.24) is 9.97 Å². The third-order valence-corrected chi connectivity index (χ3v) is 6.59. The molecule has 1 aliphatic rings. The first-order valence-corrected chi connectivity index (χ1v) is 12.0. The fraction of sp³-hybridized carbons (Fsp3) is 0.0435. The number of halogens is 3. The van der Waals surface area contributed by atoms with Gasteiger partial charge in [-0.3, -0.25) is 4.79 Å². The van der Waals surface area contributed by atoms with Crippen molar-refractivity contribution in [3.8, 4) is 0 Å². The fourth-order valence-corrected chi connectivity index (χ4v) is 4.41. The minimum Gasteiger partial charge on any atom is -0.471 e. The summed E-state index contributed by atoms with van der Waals surface area (Å²) in [7, 11) is -3.86. The van der Waals surface area contributed by atoms with Crippen molar-refractivity contribution < 1.29 is 26.7 Å². The second-order valence-electron chi connectivity index (χ2n) is 7.64.